The zero-order valence-corrected chi connectivity index (χ0v) is 9.41. The fourth-order valence-corrected chi connectivity index (χ4v) is 1.99. The Kier molecular flexibility index (Phi) is 3.12. The Labute approximate surface area is 94.9 Å². The SMILES string of the molecule is CC1(O)CNCCN(c2ccc(F)cc2)C1. The van der Waals surface area contributed by atoms with Gasteiger partial charge in [-0.25, -0.2) is 4.39 Å². The second kappa shape index (κ2) is 4.39. The molecule has 1 aliphatic heterocycles. The van der Waals surface area contributed by atoms with Crippen molar-refractivity contribution in [2.75, 3.05) is 31.1 Å². The largest absolute Gasteiger partial charge is 0.387 e. The number of hydrogen-bond acceptors (Lipinski definition) is 3. The first-order valence-electron chi connectivity index (χ1n) is 5.50. The Balaban J connectivity index is 2.16. The Bertz CT molecular complexity index is 351. The summed E-state index contributed by atoms with van der Waals surface area (Å²) in [6.45, 7) is 4.60. The molecule has 0 saturated carbocycles. The van der Waals surface area contributed by atoms with Gasteiger partial charge in [-0.3, -0.25) is 0 Å². The van der Waals surface area contributed by atoms with Crippen molar-refractivity contribution in [2.45, 2.75) is 12.5 Å². The van der Waals surface area contributed by atoms with Crippen LogP contribution in [0.5, 0.6) is 0 Å². The van der Waals surface area contributed by atoms with Gasteiger partial charge in [0.25, 0.3) is 0 Å². The quantitative estimate of drug-likeness (QED) is 0.746. The van der Waals surface area contributed by atoms with Crippen molar-refractivity contribution in [3.63, 3.8) is 0 Å². The molecule has 0 amide bonds. The summed E-state index contributed by atoms with van der Waals surface area (Å²) < 4.78 is 12.8. The van der Waals surface area contributed by atoms with E-state index in [0.29, 0.717) is 13.1 Å². The molecule has 2 N–H and O–H groups in total. The minimum absolute atomic E-state index is 0.233. The van der Waals surface area contributed by atoms with Crippen LogP contribution in [0.25, 0.3) is 0 Å². The summed E-state index contributed by atoms with van der Waals surface area (Å²) in [4.78, 5) is 2.07. The number of β-amino-alcohol motifs (C(OH)–C–C–N with tert-alkyl or cyclic N) is 1. The lowest BCUT2D eigenvalue weighted by atomic mass is 10.1. The first kappa shape index (κ1) is 11.4. The van der Waals surface area contributed by atoms with Crippen molar-refractivity contribution in [1.29, 1.82) is 0 Å². The molecule has 0 radical (unpaired) electrons. The molecular formula is C12H17FN2O. The highest BCUT2D eigenvalue weighted by Crippen LogP contribution is 2.18. The summed E-state index contributed by atoms with van der Waals surface area (Å²) in [6, 6.07) is 6.39. The minimum Gasteiger partial charge on any atom is -0.387 e. The average molecular weight is 224 g/mol. The summed E-state index contributed by atoms with van der Waals surface area (Å²) in [5.74, 6) is -0.233. The van der Waals surface area contributed by atoms with E-state index in [1.54, 1.807) is 12.1 Å². The van der Waals surface area contributed by atoms with Crippen molar-refractivity contribution in [1.82, 2.24) is 5.32 Å². The molecule has 0 aliphatic carbocycles. The summed E-state index contributed by atoms with van der Waals surface area (Å²) in [5, 5.41) is 13.2. The monoisotopic (exact) mass is 224 g/mol. The predicted molar refractivity (Wildman–Crippen MR) is 62.1 cm³/mol. The van der Waals surface area contributed by atoms with Gasteiger partial charge < -0.3 is 15.3 Å². The number of halogens is 1. The lowest BCUT2D eigenvalue weighted by Crippen LogP contribution is -2.43. The number of nitrogens with zero attached hydrogens (tertiary/aromatic N) is 1. The van der Waals surface area contributed by atoms with Crippen molar-refractivity contribution in [3.05, 3.63) is 30.1 Å². The fourth-order valence-electron chi connectivity index (χ4n) is 1.99. The van der Waals surface area contributed by atoms with Gasteiger partial charge >= 0.3 is 0 Å². The van der Waals surface area contributed by atoms with Crippen LogP contribution in [0, 0.1) is 5.82 Å². The van der Waals surface area contributed by atoms with E-state index < -0.39 is 5.60 Å². The number of anilines is 1. The standard InChI is InChI=1S/C12H17FN2O/c1-12(16)8-14-6-7-15(9-12)11-4-2-10(13)3-5-11/h2-5,14,16H,6-9H2,1H3. The van der Waals surface area contributed by atoms with Crippen LogP contribution < -0.4 is 10.2 Å². The molecule has 1 aromatic carbocycles. The van der Waals surface area contributed by atoms with E-state index >= 15 is 0 Å². The molecule has 1 unspecified atom stereocenters. The number of hydrogen-bond donors (Lipinski definition) is 2. The molecule has 88 valence electrons. The summed E-state index contributed by atoms with van der Waals surface area (Å²) >= 11 is 0. The van der Waals surface area contributed by atoms with E-state index in [1.807, 2.05) is 6.92 Å². The Morgan fingerprint density at radius 1 is 1.38 bits per heavy atom. The molecule has 1 aromatic rings. The zero-order chi connectivity index (χ0) is 11.6. The van der Waals surface area contributed by atoms with Crippen LogP contribution in [0.4, 0.5) is 10.1 Å². The predicted octanol–water partition coefficient (Wildman–Crippen LogP) is 0.986. The van der Waals surface area contributed by atoms with Gasteiger partial charge in [-0.15, -0.1) is 0 Å². The first-order chi connectivity index (χ1) is 7.57. The van der Waals surface area contributed by atoms with E-state index in [4.69, 9.17) is 0 Å². The van der Waals surface area contributed by atoms with Crippen LogP contribution in [0.1, 0.15) is 6.92 Å². The molecule has 0 aromatic heterocycles. The molecule has 0 spiro atoms. The summed E-state index contributed by atoms with van der Waals surface area (Å²) in [7, 11) is 0. The maximum absolute atomic E-state index is 12.8. The van der Waals surface area contributed by atoms with E-state index in [1.165, 1.54) is 12.1 Å². The summed E-state index contributed by atoms with van der Waals surface area (Å²) in [6.07, 6.45) is 0. The lowest BCUT2D eigenvalue weighted by Gasteiger charge is -2.29. The minimum atomic E-state index is -0.745. The van der Waals surface area contributed by atoms with Crippen molar-refractivity contribution < 1.29 is 9.50 Å². The van der Waals surface area contributed by atoms with Crippen LogP contribution in [-0.2, 0) is 0 Å². The number of nitrogens with one attached hydrogen (secondary N) is 1. The van der Waals surface area contributed by atoms with Crippen LogP contribution >= 0.6 is 0 Å². The average Bonchev–Trinajstić information content (AvgIpc) is 2.40. The molecular weight excluding hydrogens is 207 g/mol. The second-order valence-corrected chi connectivity index (χ2v) is 4.57. The van der Waals surface area contributed by atoms with Crippen LogP contribution in [0.2, 0.25) is 0 Å². The molecule has 2 rings (SSSR count). The molecule has 1 fully saturated rings. The third-order valence-electron chi connectivity index (χ3n) is 2.79. The van der Waals surface area contributed by atoms with E-state index in [-0.39, 0.29) is 5.82 Å². The van der Waals surface area contributed by atoms with Gasteiger partial charge in [-0.05, 0) is 31.2 Å². The van der Waals surface area contributed by atoms with Crippen LogP contribution in [0.15, 0.2) is 24.3 Å². The number of rotatable bonds is 1. The zero-order valence-electron chi connectivity index (χ0n) is 9.41. The van der Waals surface area contributed by atoms with Crippen LogP contribution in [-0.4, -0.2) is 36.9 Å². The van der Waals surface area contributed by atoms with Gasteiger partial charge in [-0.2, -0.15) is 0 Å². The highest BCUT2D eigenvalue weighted by atomic mass is 19.1. The maximum atomic E-state index is 12.8. The number of benzene rings is 1. The maximum Gasteiger partial charge on any atom is 0.123 e. The topological polar surface area (TPSA) is 35.5 Å². The molecule has 1 saturated heterocycles. The smallest absolute Gasteiger partial charge is 0.123 e. The van der Waals surface area contributed by atoms with Crippen molar-refractivity contribution >= 4 is 5.69 Å². The van der Waals surface area contributed by atoms with Gasteiger partial charge in [0, 0.05) is 31.9 Å². The molecule has 0 bridgehead atoms. The molecule has 1 aliphatic rings. The van der Waals surface area contributed by atoms with Gasteiger partial charge in [0.2, 0.25) is 0 Å². The van der Waals surface area contributed by atoms with E-state index in [9.17, 15) is 9.50 Å². The highest BCUT2D eigenvalue weighted by Gasteiger charge is 2.26. The Hall–Kier alpha value is -1.13. The van der Waals surface area contributed by atoms with Gasteiger partial charge in [-0.1, -0.05) is 0 Å². The Morgan fingerprint density at radius 2 is 2.06 bits per heavy atom. The van der Waals surface area contributed by atoms with E-state index in [2.05, 4.69) is 10.2 Å². The second-order valence-electron chi connectivity index (χ2n) is 4.57. The van der Waals surface area contributed by atoms with Crippen LogP contribution in [0.3, 0.4) is 0 Å². The highest BCUT2D eigenvalue weighted by molar-refractivity contribution is 5.47. The lowest BCUT2D eigenvalue weighted by molar-refractivity contribution is 0.0729. The normalized spacial score (nSPS) is 26.6. The fraction of sp³-hybridized carbons (Fsp3) is 0.500. The molecule has 16 heavy (non-hydrogen) atoms. The first-order valence-corrected chi connectivity index (χ1v) is 5.50. The molecule has 4 heteroatoms. The number of aliphatic hydroxyl groups is 1. The Morgan fingerprint density at radius 3 is 2.75 bits per heavy atom. The van der Waals surface area contributed by atoms with Crippen molar-refractivity contribution in [3.8, 4) is 0 Å². The van der Waals surface area contributed by atoms with Gasteiger partial charge in [0.05, 0.1) is 5.60 Å². The molecule has 3 nitrogen and oxygen atoms in total. The summed E-state index contributed by atoms with van der Waals surface area (Å²) in [5.41, 5.74) is 0.204. The van der Waals surface area contributed by atoms with E-state index in [0.717, 1.165) is 18.8 Å². The third kappa shape index (κ3) is 2.71. The van der Waals surface area contributed by atoms with Gasteiger partial charge in [0.15, 0.2) is 0 Å². The van der Waals surface area contributed by atoms with Crippen molar-refractivity contribution in [2.24, 2.45) is 0 Å². The molecule has 1 atom stereocenters. The molecule has 1 heterocycles. The third-order valence-corrected chi connectivity index (χ3v) is 2.79. The van der Waals surface area contributed by atoms with Gasteiger partial charge in [0.1, 0.15) is 5.82 Å².